The van der Waals surface area contributed by atoms with Crippen molar-refractivity contribution < 1.29 is 4.42 Å². The summed E-state index contributed by atoms with van der Waals surface area (Å²) in [4.78, 5) is 0. The first kappa shape index (κ1) is 15.4. The number of rotatable bonds is 2. The molecule has 0 fully saturated rings. The molecule has 0 bridgehead atoms. The Kier molecular flexibility index (Phi) is 3.65. The summed E-state index contributed by atoms with van der Waals surface area (Å²) in [6.45, 7) is 0. The van der Waals surface area contributed by atoms with Crippen LogP contribution in [0.2, 0.25) is 0 Å². The zero-order chi connectivity index (χ0) is 17.5. The summed E-state index contributed by atoms with van der Waals surface area (Å²) < 4.78 is 7.12. The second-order valence-corrected chi connectivity index (χ2v) is 7.29. The molecule has 0 aliphatic heterocycles. The van der Waals surface area contributed by atoms with Gasteiger partial charge in [-0.1, -0.05) is 76.6 Å². The molecule has 1 aromatic heterocycles. The fourth-order valence-corrected chi connectivity index (χ4v) is 4.05. The molecule has 26 heavy (non-hydrogen) atoms. The molecule has 0 aliphatic carbocycles. The van der Waals surface area contributed by atoms with Crippen LogP contribution in [0.25, 0.3) is 44.2 Å². The van der Waals surface area contributed by atoms with Crippen LogP contribution in [0.3, 0.4) is 0 Å². The summed E-state index contributed by atoms with van der Waals surface area (Å²) in [6.07, 6.45) is 0. The number of hydrogen-bond acceptors (Lipinski definition) is 1. The molecule has 0 atom stereocenters. The minimum Gasteiger partial charge on any atom is -0.456 e. The first-order valence-electron chi connectivity index (χ1n) is 8.56. The SMILES string of the molecule is Brc1cc(-c2ccccc2)cc(-c2cccc3oc4ccccc4c23)c1. The highest BCUT2D eigenvalue weighted by Gasteiger charge is 2.13. The Bertz CT molecular complexity index is 1240. The summed E-state index contributed by atoms with van der Waals surface area (Å²) in [6, 6.07) is 31.5. The van der Waals surface area contributed by atoms with Crippen molar-refractivity contribution in [2.24, 2.45) is 0 Å². The van der Waals surface area contributed by atoms with Crippen LogP contribution in [0.5, 0.6) is 0 Å². The number of fused-ring (bicyclic) bond motifs is 3. The van der Waals surface area contributed by atoms with Crippen molar-refractivity contribution >= 4 is 37.9 Å². The van der Waals surface area contributed by atoms with Crippen LogP contribution in [-0.2, 0) is 0 Å². The van der Waals surface area contributed by atoms with E-state index < -0.39 is 0 Å². The Labute approximate surface area is 160 Å². The lowest BCUT2D eigenvalue weighted by Crippen LogP contribution is -1.84. The van der Waals surface area contributed by atoms with Gasteiger partial charge in [0.2, 0.25) is 0 Å². The molecule has 0 aliphatic rings. The van der Waals surface area contributed by atoms with Gasteiger partial charge >= 0.3 is 0 Å². The highest BCUT2D eigenvalue weighted by molar-refractivity contribution is 9.10. The summed E-state index contributed by atoms with van der Waals surface area (Å²) in [5.41, 5.74) is 6.61. The van der Waals surface area contributed by atoms with Gasteiger partial charge in [0, 0.05) is 15.2 Å². The van der Waals surface area contributed by atoms with E-state index in [9.17, 15) is 0 Å². The minimum absolute atomic E-state index is 0.921. The van der Waals surface area contributed by atoms with E-state index in [1.54, 1.807) is 0 Å². The zero-order valence-electron chi connectivity index (χ0n) is 13.9. The first-order valence-corrected chi connectivity index (χ1v) is 9.35. The van der Waals surface area contributed by atoms with Crippen molar-refractivity contribution in [2.75, 3.05) is 0 Å². The molecule has 2 heteroatoms. The van der Waals surface area contributed by atoms with Gasteiger partial charge in [-0.15, -0.1) is 0 Å². The Balaban J connectivity index is 1.80. The Morgan fingerprint density at radius 1 is 0.577 bits per heavy atom. The molecule has 5 aromatic rings. The third kappa shape index (κ3) is 2.54. The lowest BCUT2D eigenvalue weighted by molar-refractivity contribution is 0.669. The highest BCUT2D eigenvalue weighted by atomic mass is 79.9. The molecule has 0 radical (unpaired) electrons. The largest absolute Gasteiger partial charge is 0.456 e. The zero-order valence-corrected chi connectivity index (χ0v) is 15.5. The second-order valence-electron chi connectivity index (χ2n) is 6.37. The molecule has 0 amide bonds. The molecule has 5 rings (SSSR count). The summed E-state index contributed by atoms with van der Waals surface area (Å²) in [5.74, 6) is 0. The maximum absolute atomic E-state index is 6.05. The Morgan fingerprint density at radius 2 is 1.31 bits per heavy atom. The molecule has 0 unspecified atom stereocenters. The summed E-state index contributed by atoms with van der Waals surface area (Å²) in [7, 11) is 0. The van der Waals surface area contributed by atoms with E-state index in [1.807, 2.05) is 24.3 Å². The number of para-hydroxylation sites is 1. The number of benzene rings is 4. The topological polar surface area (TPSA) is 13.1 Å². The van der Waals surface area contributed by atoms with Crippen LogP contribution in [-0.4, -0.2) is 0 Å². The van der Waals surface area contributed by atoms with Gasteiger partial charge in [0.15, 0.2) is 0 Å². The van der Waals surface area contributed by atoms with Crippen LogP contribution in [0.15, 0.2) is 99.9 Å². The van der Waals surface area contributed by atoms with Crippen molar-refractivity contribution in [1.29, 1.82) is 0 Å². The Hall–Kier alpha value is -2.84. The lowest BCUT2D eigenvalue weighted by atomic mass is 9.96. The monoisotopic (exact) mass is 398 g/mol. The van der Waals surface area contributed by atoms with E-state index >= 15 is 0 Å². The molecule has 0 N–H and O–H groups in total. The molecule has 4 aromatic carbocycles. The normalized spacial score (nSPS) is 11.3. The predicted molar refractivity (Wildman–Crippen MR) is 112 cm³/mol. The van der Waals surface area contributed by atoms with E-state index in [4.69, 9.17) is 4.42 Å². The van der Waals surface area contributed by atoms with Crippen LogP contribution in [0.1, 0.15) is 0 Å². The predicted octanol–water partition coefficient (Wildman–Crippen LogP) is 7.68. The van der Waals surface area contributed by atoms with Gasteiger partial charge in [-0.25, -0.2) is 0 Å². The molecular weight excluding hydrogens is 384 g/mol. The van der Waals surface area contributed by atoms with Crippen LogP contribution >= 0.6 is 15.9 Å². The lowest BCUT2D eigenvalue weighted by Gasteiger charge is -2.09. The van der Waals surface area contributed by atoms with Gasteiger partial charge in [-0.05, 0) is 52.6 Å². The third-order valence-corrected chi connectivity index (χ3v) is 5.18. The fourth-order valence-electron chi connectivity index (χ4n) is 3.56. The number of hydrogen-bond donors (Lipinski definition) is 0. The van der Waals surface area contributed by atoms with Crippen molar-refractivity contribution in [1.82, 2.24) is 0 Å². The molecule has 1 nitrogen and oxygen atoms in total. The summed E-state index contributed by atoms with van der Waals surface area (Å²) >= 11 is 3.69. The third-order valence-electron chi connectivity index (χ3n) is 4.72. The van der Waals surface area contributed by atoms with E-state index in [0.29, 0.717) is 0 Å². The standard InChI is InChI=1S/C24H15BrO/c25-19-14-17(16-7-2-1-3-8-16)13-18(15-19)20-10-6-12-23-24(20)21-9-4-5-11-22(21)26-23/h1-15H. The van der Waals surface area contributed by atoms with E-state index in [2.05, 4.69) is 82.7 Å². The van der Waals surface area contributed by atoms with E-state index in [-0.39, 0.29) is 0 Å². The van der Waals surface area contributed by atoms with Crippen LogP contribution in [0, 0.1) is 0 Å². The van der Waals surface area contributed by atoms with Crippen molar-refractivity contribution in [3.8, 4) is 22.3 Å². The average Bonchev–Trinajstić information content (AvgIpc) is 3.07. The van der Waals surface area contributed by atoms with Gasteiger partial charge < -0.3 is 4.42 Å². The minimum atomic E-state index is 0.921. The van der Waals surface area contributed by atoms with Gasteiger partial charge in [0.05, 0.1) is 0 Å². The van der Waals surface area contributed by atoms with Crippen molar-refractivity contribution in [3.05, 3.63) is 95.5 Å². The molecular formula is C24H15BrO. The van der Waals surface area contributed by atoms with Gasteiger partial charge in [-0.3, -0.25) is 0 Å². The maximum atomic E-state index is 6.05. The molecule has 1 heterocycles. The first-order chi connectivity index (χ1) is 12.8. The smallest absolute Gasteiger partial charge is 0.136 e. The van der Waals surface area contributed by atoms with E-state index in [1.165, 1.54) is 27.6 Å². The molecule has 0 saturated carbocycles. The maximum Gasteiger partial charge on any atom is 0.136 e. The quantitative estimate of drug-likeness (QED) is 0.297. The number of halogens is 1. The van der Waals surface area contributed by atoms with Gasteiger partial charge in [0.1, 0.15) is 11.2 Å². The average molecular weight is 399 g/mol. The Morgan fingerprint density at radius 3 is 2.19 bits per heavy atom. The molecule has 0 spiro atoms. The van der Waals surface area contributed by atoms with Crippen LogP contribution < -0.4 is 0 Å². The molecule has 124 valence electrons. The summed E-state index contributed by atoms with van der Waals surface area (Å²) in [5, 5.41) is 2.32. The molecule has 0 saturated heterocycles. The second kappa shape index (κ2) is 6.15. The van der Waals surface area contributed by atoms with Crippen LogP contribution in [0.4, 0.5) is 0 Å². The fraction of sp³-hybridized carbons (Fsp3) is 0. The van der Waals surface area contributed by atoms with E-state index in [0.717, 1.165) is 21.0 Å². The van der Waals surface area contributed by atoms with Gasteiger partial charge in [0.25, 0.3) is 0 Å². The van der Waals surface area contributed by atoms with Crippen molar-refractivity contribution in [2.45, 2.75) is 0 Å². The number of furan rings is 1. The van der Waals surface area contributed by atoms with Crippen molar-refractivity contribution in [3.63, 3.8) is 0 Å². The van der Waals surface area contributed by atoms with Gasteiger partial charge in [-0.2, -0.15) is 0 Å². The highest BCUT2D eigenvalue weighted by Crippen LogP contribution is 2.38.